The van der Waals surface area contributed by atoms with Crippen molar-refractivity contribution in [3.63, 3.8) is 0 Å². The van der Waals surface area contributed by atoms with Gasteiger partial charge in [-0.3, -0.25) is 0 Å². The number of hydrogen-bond acceptors (Lipinski definition) is 11. The van der Waals surface area contributed by atoms with Crippen LogP contribution in [0.15, 0.2) is 6.20 Å². The van der Waals surface area contributed by atoms with E-state index in [4.69, 9.17) is 25.8 Å². The van der Waals surface area contributed by atoms with Gasteiger partial charge in [0.1, 0.15) is 24.1 Å². The molecule has 0 radical (unpaired) electrons. The number of ether oxygens (including phenoxy) is 3. The molecule has 0 aromatic carbocycles. The lowest BCUT2D eigenvalue weighted by Crippen LogP contribution is -2.44. The average Bonchev–Trinajstić information content (AvgIpc) is 3.52. The molecule has 2 aromatic heterocycles. The van der Waals surface area contributed by atoms with Crippen LogP contribution in [-0.4, -0.2) is 96.0 Å². The maximum Gasteiger partial charge on any atom is 0.345 e. The van der Waals surface area contributed by atoms with Crippen molar-refractivity contribution in [1.82, 2.24) is 19.7 Å². The van der Waals surface area contributed by atoms with Gasteiger partial charge in [0.05, 0.1) is 33.6 Å². The lowest BCUT2D eigenvalue weighted by Gasteiger charge is -2.28. The van der Waals surface area contributed by atoms with Crippen LogP contribution in [0.2, 0.25) is 5.28 Å². The van der Waals surface area contributed by atoms with E-state index in [9.17, 15) is 25.0 Å². The summed E-state index contributed by atoms with van der Waals surface area (Å²) in [5.74, 6) is -0.901. The number of anilines is 1. The van der Waals surface area contributed by atoms with Gasteiger partial charge in [-0.1, -0.05) is 12.8 Å². The molecule has 4 rings (SSSR count). The summed E-state index contributed by atoms with van der Waals surface area (Å²) in [6, 6.07) is 0.267. The first kappa shape index (κ1) is 25.4. The van der Waals surface area contributed by atoms with Gasteiger partial charge in [-0.15, -0.1) is 0 Å². The van der Waals surface area contributed by atoms with Crippen molar-refractivity contribution in [2.75, 3.05) is 25.6 Å². The molecule has 6 atom stereocenters. The number of fused-ring (bicyclic) bond motifs is 1. The predicted octanol–water partition coefficient (Wildman–Crippen LogP) is 0.483. The highest BCUT2D eigenvalue weighted by Crippen LogP contribution is 2.36. The Morgan fingerprint density at radius 2 is 2.09 bits per heavy atom. The Bertz CT molecular complexity index is 1020. The van der Waals surface area contributed by atoms with Crippen LogP contribution in [0.25, 0.3) is 11.0 Å². The van der Waals surface area contributed by atoms with Gasteiger partial charge in [0.25, 0.3) is 0 Å². The second kappa shape index (κ2) is 10.5. The van der Waals surface area contributed by atoms with Crippen LogP contribution in [0, 0.1) is 0 Å². The molecule has 3 heterocycles. The van der Waals surface area contributed by atoms with Gasteiger partial charge in [-0.25, -0.2) is 9.48 Å². The standard InChI is InChI=1S/C19H27ClN5O8P/c1-31-8-19(34-30,17(28)29)32-7-11-12(26)13(27)16(33-11)25-15-10(6-21-25)14(23-18(20)24-15)22-9-4-2-3-5-9/h6,9,11-13,16,26-27,30,34H,2-5,7-8H2,1H3,(H,28,29)(H,22,23,24)/t11-,12-,13-,16-,19+/m1/s1. The summed E-state index contributed by atoms with van der Waals surface area (Å²) in [7, 11) is 0.141. The first-order valence-corrected chi connectivity index (χ1v) is 12.1. The van der Waals surface area contributed by atoms with Gasteiger partial charge in [-0.05, 0) is 24.4 Å². The molecule has 0 amide bonds. The summed E-state index contributed by atoms with van der Waals surface area (Å²) in [4.78, 5) is 29.7. The van der Waals surface area contributed by atoms with Gasteiger partial charge in [0.15, 0.2) is 11.9 Å². The Kier molecular flexibility index (Phi) is 7.85. The number of aliphatic hydroxyl groups is 2. The van der Waals surface area contributed by atoms with Crippen molar-refractivity contribution in [1.29, 1.82) is 0 Å². The summed E-state index contributed by atoms with van der Waals surface area (Å²) in [6.07, 6.45) is 0.721. The Hall–Kier alpha value is -1.70. The van der Waals surface area contributed by atoms with Crippen LogP contribution in [0.5, 0.6) is 0 Å². The molecule has 2 aliphatic rings. The van der Waals surface area contributed by atoms with Crippen molar-refractivity contribution in [2.24, 2.45) is 0 Å². The molecule has 0 bridgehead atoms. The van der Waals surface area contributed by atoms with Crippen LogP contribution >= 0.6 is 20.4 Å². The fraction of sp³-hybridized carbons (Fsp3) is 0.684. The summed E-state index contributed by atoms with van der Waals surface area (Å²) in [5.41, 5.74) is 0.300. The first-order valence-electron chi connectivity index (χ1n) is 10.8. The molecule has 188 valence electrons. The van der Waals surface area contributed by atoms with E-state index in [-0.39, 0.29) is 11.3 Å². The van der Waals surface area contributed by atoms with Crippen LogP contribution in [0.3, 0.4) is 0 Å². The molecule has 2 aromatic rings. The van der Waals surface area contributed by atoms with Gasteiger partial charge in [-0.2, -0.15) is 15.1 Å². The number of aliphatic carboxylic acids is 1. The molecule has 1 saturated carbocycles. The lowest BCUT2D eigenvalue weighted by molar-refractivity contribution is -0.166. The Balaban J connectivity index is 1.55. The third-order valence-electron chi connectivity index (χ3n) is 6.07. The molecule has 34 heavy (non-hydrogen) atoms. The Morgan fingerprint density at radius 1 is 1.35 bits per heavy atom. The second-order valence-electron chi connectivity index (χ2n) is 8.33. The molecule has 2 fully saturated rings. The van der Waals surface area contributed by atoms with Gasteiger partial charge < -0.3 is 39.7 Å². The van der Waals surface area contributed by atoms with E-state index in [2.05, 4.69) is 20.4 Å². The smallest absolute Gasteiger partial charge is 0.345 e. The third kappa shape index (κ3) is 4.84. The average molecular weight is 520 g/mol. The quantitative estimate of drug-likeness (QED) is 0.217. The van der Waals surface area contributed by atoms with Crippen molar-refractivity contribution in [3.05, 3.63) is 11.5 Å². The molecule has 1 aliphatic carbocycles. The van der Waals surface area contributed by atoms with E-state index < -0.39 is 57.9 Å². The minimum absolute atomic E-state index is 0.0163. The molecule has 1 unspecified atom stereocenters. The van der Waals surface area contributed by atoms with E-state index in [1.165, 1.54) is 18.0 Å². The van der Waals surface area contributed by atoms with Crippen LogP contribution in [-0.2, 0) is 19.0 Å². The van der Waals surface area contributed by atoms with Crippen LogP contribution in [0.4, 0.5) is 5.82 Å². The fourth-order valence-corrected chi connectivity index (χ4v) is 4.85. The maximum absolute atomic E-state index is 11.6. The molecule has 13 nitrogen and oxygen atoms in total. The minimum Gasteiger partial charge on any atom is -0.479 e. The molecular weight excluding hydrogens is 493 g/mol. The van der Waals surface area contributed by atoms with Gasteiger partial charge in [0, 0.05) is 13.2 Å². The molecule has 15 heteroatoms. The molecular formula is C19H27ClN5O8P. The summed E-state index contributed by atoms with van der Waals surface area (Å²) < 4.78 is 17.4. The van der Waals surface area contributed by atoms with Gasteiger partial charge >= 0.3 is 5.97 Å². The monoisotopic (exact) mass is 519 g/mol. The lowest BCUT2D eigenvalue weighted by atomic mass is 10.1. The SMILES string of the molecule is COC[C@](OC[C@H]1O[C@@H](n2ncc3c(NC4CCCC4)nc(Cl)nc32)[C@H](O)[C@@H]1O)(PO)C(=O)O. The van der Waals surface area contributed by atoms with Crippen molar-refractivity contribution >= 4 is 43.2 Å². The zero-order valence-corrected chi connectivity index (χ0v) is 20.1. The normalized spacial score (nSPS) is 27.7. The van der Waals surface area contributed by atoms with E-state index in [0.29, 0.717) is 16.9 Å². The van der Waals surface area contributed by atoms with E-state index >= 15 is 0 Å². The summed E-state index contributed by atoms with van der Waals surface area (Å²) in [6.45, 7) is -0.844. The first-order chi connectivity index (χ1) is 16.3. The van der Waals surface area contributed by atoms with Gasteiger partial charge in [0.2, 0.25) is 10.6 Å². The zero-order valence-electron chi connectivity index (χ0n) is 18.3. The summed E-state index contributed by atoms with van der Waals surface area (Å²) in [5, 5.41) is 36.8. The number of nitrogens with one attached hydrogen (secondary N) is 1. The number of halogens is 1. The number of methoxy groups -OCH3 is 1. The highest BCUT2D eigenvalue weighted by Gasteiger charge is 2.48. The highest BCUT2D eigenvalue weighted by atomic mass is 35.5. The number of nitrogens with zero attached hydrogens (tertiary/aromatic N) is 4. The topological polar surface area (TPSA) is 181 Å². The number of carboxylic acids is 1. The highest BCUT2D eigenvalue weighted by molar-refractivity contribution is 7.34. The molecule has 1 saturated heterocycles. The number of carboxylic acid groups (broad SMARTS) is 1. The van der Waals surface area contributed by atoms with E-state index in [1.54, 1.807) is 0 Å². The Labute approximate surface area is 201 Å². The molecule has 0 spiro atoms. The number of rotatable bonds is 10. The van der Waals surface area contributed by atoms with E-state index in [1.807, 2.05) is 0 Å². The predicted molar refractivity (Wildman–Crippen MR) is 121 cm³/mol. The molecule has 1 aliphatic heterocycles. The maximum atomic E-state index is 11.6. The minimum atomic E-state index is -2.01. The van der Waals surface area contributed by atoms with E-state index in [0.717, 1.165) is 25.7 Å². The number of carbonyl (C=O) groups is 1. The van der Waals surface area contributed by atoms with Crippen molar-refractivity contribution in [3.8, 4) is 0 Å². The number of aromatic nitrogens is 4. The zero-order chi connectivity index (χ0) is 24.5. The number of hydrogen-bond donors (Lipinski definition) is 5. The Morgan fingerprint density at radius 3 is 2.74 bits per heavy atom. The summed E-state index contributed by atoms with van der Waals surface area (Å²) >= 11 is 6.15. The largest absolute Gasteiger partial charge is 0.479 e. The second-order valence-corrected chi connectivity index (χ2v) is 9.70. The fourth-order valence-electron chi connectivity index (χ4n) is 4.23. The van der Waals surface area contributed by atoms with Crippen LogP contribution in [0.1, 0.15) is 31.9 Å². The molecule has 5 N–H and O–H groups in total. The van der Waals surface area contributed by atoms with Crippen LogP contribution < -0.4 is 5.32 Å². The third-order valence-corrected chi connectivity index (χ3v) is 7.10. The van der Waals surface area contributed by atoms with Crippen molar-refractivity contribution < 1.29 is 39.2 Å². The number of aliphatic hydroxyl groups excluding tert-OH is 2. The van der Waals surface area contributed by atoms with Crippen molar-refractivity contribution in [2.45, 2.75) is 61.6 Å².